The molecule has 538 valence electrons. The fraction of sp³-hybridized carbons (Fsp3) is 0.783. The highest BCUT2D eigenvalue weighted by atomic mass is 16.5. The number of amides is 11. The zero-order valence-electron chi connectivity index (χ0n) is 62.1. The first-order chi connectivity index (χ1) is 43.4. The van der Waals surface area contributed by atoms with Crippen molar-refractivity contribution in [3.8, 4) is 0 Å². The Morgan fingerprint density at radius 1 is 0.532 bits per heavy atom. The molecule has 5 N–H and O–H groups in total. The molecule has 0 radical (unpaired) electrons. The van der Waals surface area contributed by atoms with Crippen molar-refractivity contribution < 1.29 is 62.6 Å². The van der Waals surface area contributed by atoms with E-state index in [0.29, 0.717) is 6.42 Å². The highest BCUT2D eigenvalue weighted by Crippen LogP contribution is 2.27. The molecule has 0 aliphatic carbocycles. The van der Waals surface area contributed by atoms with E-state index >= 15 is 33.6 Å². The lowest BCUT2D eigenvalue weighted by Gasteiger charge is -2.41. The maximum absolute atomic E-state index is 15.4. The monoisotopic (exact) mass is 1330 g/mol. The Kier molecular flexibility index (Phi) is 35.4. The number of aliphatic hydroxyl groups excluding tert-OH is 1. The van der Waals surface area contributed by atoms with Crippen molar-refractivity contribution >= 4 is 65.0 Å². The van der Waals surface area contributed by atoms with Gasteiger partial charge in [-0.3, -0.25) is 52.7 Å². The van der Waals surface area contributed by atoms with Crippen LogP contribution < -0.4 is 21.3 Å². The summed E-state index contributed by atoms with van der Waals surface area (Å²) in [5.41, 5.74) is -1.10. The molecular formula is C69H124N12O13. The third-order valence-electron chi connectivity index (χ3n) is 17.8. The van der Waals surface area contributed by atoms with Crippen LogP contribution in [0.1, 0.15) is 163 Å². The van der Waals surface area contributed by atoms with Gasteiger partial charge in [-0.15, -0.1) is 6.58 Å². The molecule has 11 amide bonds. The van der Waals surface area contributed by atoms with Gasteiger partial charge in [-0.1, -0.05) is 101 Å². The molecule has 0 bridgehead atoms. The van der Waals surface area contributed by atoms with Crippen molar-refractivity contribution in [3.63, 3.8) is 0 Å². The van der Waals surface area contributed by atoms with Crippen LogP contribution in [-0.4, -0.2) is 264 Å². The van der Waals surface area contributed by atoms with Crippen LogP contribution in [-0.2, 0) is 57.5 Å². The maximum atomic E-state index is 15.4. The first-order valence-corrected chi connectivity index (χ1v) is 33.7. The molecule has 1 fully saturated rings. The summed E-state index contributed by atoms with van der Waals surface area (Å²) < 4.78 is 6.13. The van der Waals surface area contributed by atoms with Crippen LogP contribution in [0.25, 0.3) is 0 Å². The number of nitrogens with one attached hydrogen (secondary N) is 4. The lowest BCUT2D eigenvalue weighted by molar-refractivity contribution is -0.157. The number of hydrogen-bond donors (Lipinski definition) is 5. The number of ether oxygens (including phenoxy) is 1. The van der Waals surface area contributed by atoms with Crippen LogP contribution in [0, 0.1) is 35.5 Å². The Bertz CT molecular complexity index is 2590. The molecule has 0 saturated carbocycles. The normalized spacial score (nSPS) is 26.4. The van der Waals surface area contributed by atoms with Gasteiger partial charge in [-0.05, 0) is 129 Å². The van der Waals surface area contributed by atoms with Gasteiger partial charge in [0.1, 0.15) is 66.5 Å². The standard InChI is InChI=1S/C69H124N12O13/c1-28-31-32-45(14)57(82)56-61(86)72-48(30-3)63(88)75(21)49(33-34-74(19)20)64(89)79(25)53(39-69(17,18)94-35-29-2)60(85)73-54(43(10)11)67(92)76(22)50(36-40(4)5)59(84)70-46(15)58(83)71-47(16)62(87)77(23)51(37-41(6)7)65(90)78(24)52(38-42(8)9)66(91)80(26)55(44(12)13)68(93)81(56)27/h28-29,31,40-57,82H,2,30,32-39H2,1,3-27H3,(H,70,84)(H,71,83)(H,72,86)(H,73,85)/b31-28+/t45-,46+,47-,48+,49-,50+,51+,52+,53+,54+,55+,56+,57-/m1/s1. The highest BCUT2D eigenvalue weighted by Gasteiger charge is 2.47. The molecule has 0 aromatic rings. The third-order valence-corrected chi connectivity index (χ3v) is 17.8. The Balaban J connectivity index is 4.61. The van der Waals surface area contributed by atoms with E-state index in [9.17, 15) is 24.3 Å². The summed E-state index contributed by atoms with van der Waals surface area (Å²) in [4.78, 5) is 175. The minimum atomic E-state index is -1.65. The average molecular weight is 1330 g/mol. The van der Waals surface area contributed by atoms with Crippen molar-refractivity contribution in [1.29, 1.82) is 0 Å². The summed E-state index contributed by atoms with van der Waals surface area (Å²) in [6.45, 7) is 33.7. The molecular weight excluding hydrogens is 1200 g/mol. The van der Waals surface area contributed by atoms with E-state index in [1.54, 1.807) is 82.5 Å². The molecule has 0 spiro atoms. The van der Waals surface area contributed by atoms with E-state index in [0.717, 1.165) is 4.90 Å². The van der Waals surface area contributed by atoms with Crippen LogP contribution in [0.5, 0.6) is 0 Å². The van der Waals surface area contributed by atoms with Gasteiger partial charge in [0.15, 0.2) is 0 Å². The number of allylic oxidation sites excluding steroid dienone is 2. The molecule has 1 heterocycles. The number of hydrogen-bond acceptors (Lipinski definition) is 14. The van der Waals surface area contributed by atoms with Gasteiger partial charge in [0.25, 0.3) is 0 Å². The number of likely N-dealkylation sites (N-methyl/N-ethyl adjacent to an activating group) is 7. The van der Waals surface area contributed by atoms with Gasteiger partial charge >= 0.3 is 0 Å². The number of carbonyl (C=O) groups is 11. The predicted molar refractivity (Wildman–Crippen MR) is 366 cm³/mol. The SMILES string of the molecule is C=CCOC(C)(C)C[C@H]1C(=O)N[C@@H](C(C)C)C(=O)N(C)[C@@H](CC(C)C)C(=O)N[C@@H](C)C(=O)N[C@H](C)C(=O)N(C)[C@@H](CC(C)C)C(=O)N(C)[C@@H](CC(C)C)C(=O)N(C)[C@@H](C(C)C)C(=O)N(C)[C@@H]([C@H](O)[C@H](C)C/C=C/C)C(=O)N[C@@H](CC)C(=O)N(C)[C@H](CCN(C)C)C(=O)N1C. The lowest BCUT2D eigenvalue weighted by Crippen LogP contribution is -2.64. The van der Waals surface area contributed by atoms with Crippen LogP contribution >= 0.6 is 0 Å². The summed E-state index contributed by atoms with van der Waals surface area (Å²) in [7, 11) is 13.5. The minimum absolute atomic E-state index is 0.0169. The topological polar surface area (TPSA) is 291 Å². The van der Waals surface area contributed by atoms with Crippen LogP contribution in [0.3, 0.4) is 0 Å². The first kappa shape index (κ1) is 85.5. The van der Waals surface area contributed by atoms with E-state index in [4.69, 9.17) is 4.74 Å². The molecule has 25 heteroatoms. The molecule has 13 atom stereocenters. The molecule has 0 unspecified atom stereocenters. The van der Waals surface area contributed by atoms with Gasteiger partial charge in [0.05, 0.1) is 18.3 Å². The van der Waals surface area contributed by atoms with E-state index < -0.39 is 161 Å². The molecule has 25 nitrogen and oxygen atoms in total. The molecule has 1 rings (SSSR count). The first-order valence-electron chi connectivity index (χ1n) is 33.7. The quantitative estimate of drug-likeness (QED) is 0.102. The second-order valence-electron chi connectivity index (χ2n) is 28.8. The Morgan fingerprint density at radius 3 is 1.44 bits per heavy atom. The van der Waals surface area contributed by atoms with Crippen molar-refractivity contribution in [2.75, 3.05) is 76.6 Å². The Morgan fingerprint density at radius 2 is 0.968 bits per heavy atom. The minimum Gasteiger partial charge on any atom is -0.390 e. The molecule has 1 saturated heterocycles. The van der Waals surface area contributed by atoms with Crippen LogP contribution in [0.2, 0.25) is 0 Å². The molecule has 0 aromatic carbocycles. The lowest BCUT2D eigenvalue weighted by atomic mass is 9.91. The van der Waals surface area contributed by atoms with Gasteiger partial charge in [-0.25, -0.2) is 0 Å². The van der Waals surface area contributed by atoms with Crippen molar-refractivity contribution in [3.05, 3.63) is 24.8 Å². The van der Waals surface area contributed by atoms with E-state index in [1.807, 2.05) is 52.5 Å². The Hall–Kier alpha value is -6.47. The second-order valence-corrected chi connectivity index (χ2v) is 28.8. The third kappa shape index (κ3) is 24.3. The molecule has 94 heavy (non-hydrogen) atoms. The van der Waals surface area contributed by atoms with Gasteiger partial charge in [0.2, 0.25) is 65.0 Å². The average Bonchev–Trinajstić information content (AvgIpc) is 0.810. The molecule has 0 aromatic heterocycles. The van der Waals surface area contributed by atoms with Gasteiger partial charge in [-0.2, -0.15) is 0 Å². The zero-order chi connectivity index (χ0) is 72.9. The summed E-state index contributed by atoms with van der Waals surface area (Å²) in [6.07, 6.45) is 4.20. The smallest absolute Gasteiger partial charge is 0.246 e. The summed E-state index contributed by atoms with van der Waals surface area (Å²) >= 11 is 0. The number of aliphatic hydroxyl groups is 1. The molecule has 1 aliphatic rings. The van der Waals surface area contributed by atoms with Gasteiger partial charge in [0, 0.05) is 55.8 Å². The number of carbonyl (C=O) groups excluding carboxylic acids is 11. The van der Waals surface area contributed by atoms with Crippen molar-refractivity contribution in [2.24, 2.45) is 35.5 Å². The summed E-state index contributed by atoms with van der Waals surface area (Å²) in [5.74, 6) is -10.0. The van der Waals surface area contributed by atoms with E-state index in [2.05, 4.69) is 27.8 Å². The summed E-state index contributed by atoms with van der Waals surface area (Å²) in [5, 5.41) is 23.4. The van der Waals surface area contributed by atoms with Crippen molar-refractivity contribution in [1.82, 2.24) is 60.5 Å². The van der Waals surface area contributed by atoms with Crippen molar-refractivity contribution in [2.45, 2.75) is 241 Å². The Labute approximate surface area is 563 Å². The zero-order valence-corrected chi connectivity index (χ0v) is 62.1. The van der Waals surface area contributed by atoms with Crippen LogP contribution in [0.15, 0.2) is 24.8 Å². The van der Waals surface area contributed by atoms with E-state index in [1.165, 1.54) is 98.7 Å². The predicted octanol–water partition coefficient (Wildman–Crippen LogP) is 3.91. The van der Waals surface area contributed by atoms with E-state index in [-0.39, 0.29) is 69.4 Å². The molecule has 1 aliphatic heterocycles. The number of nitrogens with zero attached hydrogens (tertiary/aromatic N) is 8. The maximum Gasteiger partial charge on any atom is 0.246 e. The number of rotatable bonds is 21. The van der Waals surface area contributed by atoms with Crippen LogP contribution in [0.4, 0.5) is 0 Å². The summed E-state index contributed by atoms with van der Waals surface area (Å²) in [6, 6.07) is -14.2. The fourth-order valence-corrected chi connectivity index (χ4v) is 11.8. The van der Waals surface area contributed by atoms with Gasteiger partial charge < -0.3 is 70.3 Å². The second kappa shape index (κ2) is 38.9. The fourth-order valence-electron chi connectivity index (χ4n) is 11.8. The largest absolute Gasteiger partial charge is 0.390 e. The highest BCUT2D eigenvalue weighted by molar-refractivity contribution is 6.00.